The first kappa shape index (κ1) is 23.3. The fourth-order valence-electron chi connectivity index (χ4n) is 0. The molecule has 0 bridgehead atoms. The van der Waals surface area contributed by atoms with Gasteiger partial charge in [0.2, 0.25) is 0 Å². The monoisotopic (exact) mass is 508 g/mol. The van der Waals surface area contributed by atoms with E-state index in [0.717, 1.165) is 0 Å². The third kappa shape index (κ3) is 9.86. The smallest absolute Gasteiger partial charge is 0 e. The average Bonchev–Trinajstić information content (AvgIpc) is 0. The molecule has 0 aromatic heterocycles. The standard InChI is InChI=1S/Ce.Ir.Rb.Zr. The molecule has 0 spiro atoms. The fraction of sp³-hybridized carbons (Fsp3) is 0. The molecule has 0 saturated heterocycles. The average molecular weight is 509 g/mol. The summed E-state index contributed by atoms with van der Waals surface area (Å²) >= 11 is 0. The van der Waals surface area contributed by atoms with E-state index in [1.165, 1.54) is 0 Å². The van der Waals surface area contributed by atoms with Crippen molar-refractivity contribution in [3.05, 3.63) is 0 Å². The summed E-state index contributed by atoms with van der Waals surface area (Å²) in [5.41, 5.74) is 0. The Labute approximate surface area is 141 Å². The van der Waals surface area contributed by atoms with Crippen molar-refractivity contribution in [3.8, 4) is 0 Å². The maximum Gasteiger partial charge on any atom is 0 e. The van der Waals surface area contributed by atoms with E-state index in [1.807, 2.05) is 0 Å². The molecule has 0 nitrogen and oxygen atoms in total. The molecule has 0 saturated carbocycles. The Morgan fingerprint density at radius 2 is 1.00 bits per heavy atom. The van der Waals surface area contributed by atoms with Gasteiger partial charge in [0.1, 0.15) is 0 Å². The van der Waals surface area contributed by atoms with Crippen LogP contribution in [0.15, 0.2) is 0 Å². The second-order valence-electron chi connectivity index (χ2n) is 0. The Hall–Kier alpha value is 4.71. The molecule has 0 rings (SSSR count). The van der Waals surface area contributed by atoms with Crippen LogP contribution in [-0.2, 0) is 46.3 Å². The second-order valence-corrected chi connectivity index (χ2v) is 0. The summed E-state index contributed by atoms with van der Waals surface area (Å²) in [6.45, 7) is 0. The van der Waals surface area contributed by atoms with Crippen molar-refractivity contribution in [2.24, 2.45) is 0 Å². The van der Waals surface area contributed by atoms with Crippen LogP contribution in [0.3, 0.4) is 0 Å². The maximum atomic E-state index is 0. The van der Waals surface area contributed by atoms with Crippen LogP contribution in [0, 0.1) is 41.7 Å². The molecule has 0 atom stereocenters. The van der Waals surface area contributed by atoms with Gasteiger partial charge in [0, 0.05) is 146 Å². The van der Waals surface area contributed by atoms with Crippen LogP contribution in [-0.4, -0.2) is 58.2 Å². The van der Waals surface area contributed by atoms with Gasteiger partial charge in [-0.05, 0) is 0 Å². The van der Waals surface area contributed by atoms with Gasteiger partial charge in [-0.2, -0.15) is 0 Å². The van der Waals surface area contributed by atoms with E-state index >= 15 is 0 Å². The van der Waals surface area contributed by atoms with Crippen LogP contribution in [0.2, 0.25) is 0 Å². The van der Waals surface area contributed by atoms with Gasteiger partial charge in [-0.25, -0.2) is 0 Å². The van der Waals surface area contributed by atoms with Crippen LogP contribution in [0.5, 0.6) is 0 Å². The van der Waals surface area contributed by atoms with E-state index in [-0.39, 0.29) is 146 Å². The summed E-state index contributed by atoms with van der Waals surface area (Å²) in [4.78, 5) is 0. The van der Waals surface area contributed by atoms with Crippen molar-refractivity contribution < 1.29 is 88.1 Å². The van der Waals surface area contributed by atoms with Crippen LogP contribution in [0.1, 0.15) is 0 Å². The van der Waals surface area contributed by atoms with Gasteiger partial charge in [-0.15, -0.1) is 0 Å². The van der Waals surface area contributed by atoms with Crippen LogP contribution < -0.4 is 0 Å². The topological polar surface area (TPSA) is 0 Å². The zero-order valence-electron chi connectivity index (χ0n) is 2.33. The van der Waals surface area contributed by atoms with Crippen molar-refractivity contribution in [2.45, 2.75) is 0 Å². The molecule has 0 N–H and O–H groups in total. The van der Waals surface area contributed by atoms with E-state index < -0.39 is 0 Å². The summed E-state index contributed by atoms with van der Waals surface area (Å²) in [7, 11) is 0. The van der Waals surface area contributed by atoms with E-state index in [4.69, 9.17) is 0 Å². The summed E-state index contributed by atoms with van der Waals surface area (Å²) in [6.07, 6.45) is 0. The molecule has 18 valence electrons. The Kier molecular flexibility index (Phi) is 91.3. The Bertz CT molecular complexity index is 8.00. The molecule has 0 aromatic carbocycles. The molecule has 0 aliphatic carbocycles. The fourth-order valence-corrected chi connectivity index (χ4v) is 0. The largest absolute Gasteiger partial charge is 0 e. The summed E-state index contributed by atoms with van der Waals surface area (Å²) in [5.74, 6) is 0. The molecule has 2 radical (unpaired) electrons. The quantitative estimate of drug-likeness (QED) is 0.418. The minimum absolute atomic E-state index is 0. The van der Waals surface area contributed by atoms with E-state index in [0.29, 0.717) is 0 Å². The summed E-state index contributed by atoms with van der Waals surface area (Å²) in [6, 6.07) is 0. The molecular formula is CeIrRbZr. The third-order valence-electron chi connectivity index (χ3n) is 0. The maximum absolute atomic E-state index is 0. The van der Waals surface area contributed by atoms with Crippen LogP contribution in [0.25, 0.3) is 0 Å². The van der Waals surface area contributed by atoms with Crippen molar-refractivity contribution in [1.82, 2.24) is 0 Å². The molecule has 0 amide bonds. The van der Waals surface area contributed by atoms with Gasteiger partial charge >= 0.3 is 0 Å². The minimum atomic E-state index is 0. The molecule has 0 heterocycles. The summed E-state index contributed by atoms with van der Waals surface area (Å²) < 4.78 is 0. The normalized spacial score (nSPS) is 0. The molecule has 0 aromatic rings. The van der Waals surface area contributed by atoms with E-state index in [2.05, 4.69) is 0 Å². The zero-order valence-corrected chi connectivity index (χ0v) is 15.2. The molecule has 0 fully saturated rings. The van der Waals surface area contributed by atoms with E-state index in [9.17, 15) is 0 Å². The second kappa shape index (κ2) is 15.6. The predicted molar refractivity (Wildman–Crippen MR) is 5.75 cm³/mol. The van der Waals surface area contributed by atoms with Gasteiger partial charge < -0.3 is 0 Å². The molecule has 4 heavy (non-hydrogen) atoms. The van der Waals surface area contributed by atoms with Gasteiger partial charge in [-0.1, -0.05) is 0 Å². The Balaban J connectivity index is 0. The van der Waals surface area contributed by atoms with Gasteiger partial charge in [-0.3, -0.25) is 0 Å². The van der Waals surface area contributed by atoms with Crippen LogP contribution in [0.4, 0.5) is 0 Å². The predicted octanol–water partition coefficient (Wildman–Crippen LogP) is -0.386. The number of rotatable bonds is 0. The molecule has 0 aliphatic rings. The molecule has 4 heteroatoms. The zero-order chi connectivity index (χ0) is 0. The third-order valence-corrected chi connectivity index (χ3v) is 0. The van der Waals surface area contributed by atoms with Gasteiger partial charge in [0.15, 0.2) is 0 Å². The molecule has 0 unspecified atom stereocenters. The van der Waals surface area contributed by atoms with Crippen molar-refractivity contribution in [1.29, 1.82) is 0 Å². The van der Waals surface area contributed by atoms with Gasteiger partial charge in [0.05, 0.1) is 0 Å². The van der Waals surface area contributed by atoms with E-state index in [1.54, 1.807) is 0 Å². The van der Waals surface area contributed by atoms with Crippen molar-refractivity contribution >= 4 is 58.2 Å². The van der Waals surface area contributed by atoms with Crippen molar-refractivity contribution in [2.75, 3.05) is 0 Å². The first-order chi connectivity index (χ1) is 0. The molecule has 0 aliphatic heterocycles. The first-order valence-electron chi connectivity index (χ1n) is 0. The minimum Gasteiger partial charge on any atom is 0 e. The van der Waals surface area contributed by atoms with Gasteiger partial charge in [0.25, 0.3) is 0 Å². The Morgan fingerprint density at radius 3 is 1.00 bits per heavy atom. The Morgan fingerprint density at radius 1 is 1.00 bits per heavy atom. The number of hydrogen-bond donors (Lipinski definition) is 0. The van der Waals surface area contributed by atoms with Crippen molar-refractivity contribution in [3.63, 3.8) is 0 Å². The number of hydrogen-bond acceptors (Lipinski definition) is 0. The molecular weight excluding hydrogens is 509 g/mol. The summed E-state index contributed by atoms with van der Waals surface area (Å²) in [5, 5.41) is 0. The van der Waals surface area contributed by atoms with Crippen LogP contribution >= 0.6 is 0 Å². The SMILES string of the molecule is [Ce].[Ir].[Rb].[Zr]. The first-order valence-corrected chi connectivity index (χ1v) is 0.